The molecule has 0 saturated carbocycles. The molecular formula is C13H16F3N3O2. The molecule has 1 amide bonds. The molecule has 0 spiro atoms. The van der Waals surface area contributed by atoms with Crippen molar-refractivity contribution in [1.29, 1.82) is 0 Å². The maximum Gasteiger partial charge on any atom is 0.419 e. The molecule has 0 radical (unpaired) electrons. The zero-order valence-electron chi connectivity index (χ0n) is 11.2. The normalized spacial score (nSPS) is 18.5. The van der Waals surface area contributed by atoms with Gasteiger partial charge in [-0.25, -0.2) is 4.98 Å². The number of anilines is 1. The lowest BCUT2D eigenvalue weighted by Crippen LogP contribution is -2.34. The van der Waals surface area contributed by atoms with Gasteiger partial charge < -0.3 is 15.4 Å². The van der Waals surface area contributed by atoms with Gasteiger partial charge in [-0.05, 0) is 18.6 Å². The molecule has 1 aliphatic heterocycles. The van der Waals surface area contributed by atoms with E-state index in [1.54, 1.807) is 0 Å². The fraction of sp³-hybridized carbons (Fsp3) is 0.538. The van der Waals surface area contributed by atoms with Crippen LogP contribution < -0.4 is 10.6 Å². The summed E-state index contributed by atoms with van der Waals surface area (Å²) in [7, 11) is 0. The Kier molecular flexibility index (Phi) is 5.00. The van der Waals surface area contributed by atoms with E-state index >= 15 is 0 Å². The Balaban J connectivity index is 1.80. The van der Waals surface area contributed by atoms with Crippen molar-refractivity contribution in [1.82, 2.24) is 10.3 Å². The van der Waals surface area contributed by atoms with Gasteiger partial charge in [0.1, 0.15) is 5.82 Å². The molecule has 2 heterocycles. The number of alkyl halides is 3. The van der Waals surface area contributed by atoms with Gasteiger partial charge in [-0.3, -0.25) is 4.79 Å². The van der Waals surface area contributed by atoms with Gasteiger partial charge in [0.2, 0.25) is 5.91 Å². The molecule has 2 N–H and O–H groups in total. The van der Waals surface area contributed by atoms with Crippen LogP contribution >= 0.6 is 0 Å². The minimum absolute atomic E-state index is 0.133. The average molecular weight is 303 g/mol. The van der Waals surface area contributed by atoms with Crippen LogP contribution in [0.4, 0.5) is 19.0 Å². The number of aromatic nitrogens is 1. The lowest BCUT2D eigenvalue weighted by Gasteiger charge is -2.14. The largest absolute Gasteiger partial charge is 0.419 e. The van der Waals surface area contributed by atoms with E-state index in [0.717, 1.165) is 6.07 Å². The van der Waals surface area contributed by atoms with Crippen molar-refractivity contribution in [2.24, 2.45) is 5.92 Å². The fourth-order valence-electron chi connectivity index (χ4n) is 2.03. The molecule has 1 aromatic heterocycles. The highest BCUT2D eigenvalue weighted by Crippen LogP contribution is 2.33. The van der Waals surface area contributed by atoms with Gasteiger partial charge in [-0.15, -0.1) is 0 Å². The summed E-state index contributed by atoms with van der Waals surface area (Å²) in [4.78, 5) is 15.3. The summed E-state index contributed by atoms with van der Waals surface area (Å²) in [6.07, 6.45) is -2.50. The summed E-state index contributed by atoms with van der Waals surface area (Å²) in [5.41, 5.74) is -0.819. The molecule has 1 atom stereocenters. The van der Waals surface area contributed by atoms with Gasteiger partial charge in [0.25, 0.3) is 0 Å². The van der Waals surface area contributed by atoms with Crippen molar-refractivity contribution in [2.45, 2.75) is 12.6 Å². The number of rotatable bonds is 5. The number of pyridine rings is 1. The predicted octanol–water partition coefficient (Wildman–Crippen LogP) is 1.66. The van der Waals surface area contributed by atoms with Crippen LogP contribution in [0.3, 0.4) is 0 Å². The number of halogens is 3. The van der Waals surface area contributed by atoms with Crippen LogP contribution in [0.2, 0.25) is 0 Å². The van der Waals surface area contributed by atoms with E-state index in [9.17, 15) is 18.0 Å². The Morgan fingerprint density at radius 1 is 1.43 bits per heavy atom. The predicted molar refractivity (Wildman–Crippen MR) is 69.7 cm³/mol. The highest BCUT2D eigenvalue weighted by molar-refractivity contribution is 5.79. The van der Waals surface area contributed by atoms with E-state index in [4.69, 9.17) is 4.74 Å². The summed E-state index contributed by atoms with van der Waals surface area (Å²) >= 11 is 0. The van der Waals surface area contributed by atoms with Crippen LogP contribution in [0.1, 0.15) is 12.0 Å². The Morgan fingerprint density at radius 3 is 2.90 bits per heavy atom. The second-order valence-corrected chi connectivity index (χ2v) is 4.68. The number of nitrogens with zero attached hydrogens (tertiary/aromatic N) is 1. The minimum atomic E-state index is -4.46. The Hall–Kier alpha value is -1.83. The average Bonchev–Trinajstić information content (AvgIpc) is 2.97. The van der Waals surface area contributed by atoms with Crippen molar-refractivity contribution in [3.8, 4) is 0 Å². The number of carbonyl (C=O) groups is 1. The van der Waals surface area contributed by atoms with Crippen molar-refractivity contribution in [2.75, 3.05) is 31.6 Å². The molecule has 1 saturated heterocycles. The highest BCUT2D eigenvalue weighted by Gasteiger charge is 2.33. The molecule has 0 aromatic carbocycles. The maximum atomic E-state index is 12.7. The number of nitrogens with one attached hydrogen (secondary N) is 2. The van der Waals surface area contributed by atoms with E-state index < -0.39 is 11.7 Å². The maximum absolute atomic E-state index is 12.7. The topological polar surface area (TPSA) is 63.2 Å². The highest BCUT2D eigenvalue weighted by atomic mass is 19.4. The van der Waals surface area contributed by atoms with Crippen molar-refractivity contribution in [3.63, 3.8) is 0 Å². The molecule has 116 valence electrons. The Morgan fingerprint density at radius 2 is 2.24 bits per heavy atom. The van der Waals surface area contributed by atoms with Crippen LogP contribution in [0.25, 0.3) is 0 Å². The molecular weight excluding hydrogens is 287 g/mol. The third-order valence-electron chi connectivity index (χ3n) is 3.13. The smallest absolute Gasteiger partial charge is 0.381 e. The van der Waals surface area contributed by atoms with E-state index in [1.165, 1.54) is 12.3 Å². The van der Waals surface area contributed by atoms with E-state index in [2.05, 4.69) is 15.6 Å². The van der Waals surface area contributed by atoms with Gasteiger partial charge in [-0.2, -0.15) is 13.2 Å². The first-order chi connectivity index (χ1) is 9.98. The van der Waals surface area contributed by atoms with Crippen LogP contribution in [-0.2, 0) is 15.7 Å². The van der Waals surface area contributed by atoms with E-state index in [1.807, 2.05) is 0 Å². The van der Waals surface area contributed by atoms with Crippen molar-refractivity contribution in [3.05, 3.63) is 23.9 Å². The first kappa shape index (κ1) is 15.6. The van der Waals surface area contributed by atoms with Gasteiger partial charge in [-0.1, -0.05) is 0 Å². The SMILES string of the molecule is O=C(NCCNc1ncccc1C(F)(F)F)C1CCOC1. The minimum Gasteiger partial charge on any atom is -0.381 e. The van der Waals surface area contributed by atoms with E-state index in [-0.39, 0.29) is 30.7 Å². The van der Waals surface area contributed by atoms with Crippen LogP contribution in [0.15, 0.2) is 18.3 Å². The molecule has 1 fully saturated rings. The summed E-state index contributed by atoms with van der Waals surface area (Å²) in [6.45, 7) is 1.36. The lowest BCUT2D eigenvalue weighted by molar-refractivity contribution is -0.137. The lowest BCUT2D eigenvalue weighted by atomic mass is 10.1. The number of ether oxygens (including phenoxy) is 1. The molecule has 2 rings (SSSR count). The Bertz CT molecular complexity index is 488. The Labute approximate surface area is 119 Å². The molecule has 1 unspecified atom stereocenters. The standard InChI is InChI=1S/C13H16F3N3O2/c14-13(15,16)10-2-1-4-17-11(10)18-5-6-19-12(20)9-3-7-21-8-9/h1-2,4,9H,3,5-8H2,(H,17,18)(H,19,20). The molecule has 0 bridgehead atoms. The monoisotopic (exact) mass is 303 g/mol. The first-order valence-corrected chi connectivity index (χ1v) is 6.60. The fourth-order valence-corrected chi connectivity index (χ4v) is 2.03. The molecule has 0 aliphatic carbocycles. The van der Waals surface area contributed by atoms with E-state index in [0.29, 0.717) is 19.6 Å². The summed E-state index contributed by atoms with van der Waals surface area (Å²) in [6, 6.07) is 2.19. The van der Waals surface area contributed by atoms with Crippen LogP contribution in [0, 0.1) is 5.92 Å². The van der Waals surface area contributed by atoms with Crippen LogP contribution in [-0.4, -0.2) is 37.2 Å². The van der Waals surface area contributed by atoms with Gasteiger partial charge in [0, 0.05) is 25.9 Å². The van der Waals surface area contributed by atoms with Gasteiger partial charge >= 0.3 is 6.18 Å². The second-order valence-electron chi connectivity index (χ2n) is 4.68. The third-order valence-corrected chi connectivity index (χ3v) is 3.13. The zero-order chi connectivity index (χ0) is 15.3. The van der Waals surface area contributed by atoms with Crippen molar-refractivity contribution >= 4 is 11.7 Å². The van der Waals surface area contributed by atoms with Crippen molar-refractivity contribution < 1.29 is 22.7 Å². The number of hydrogen-bond acceptors (Lipinski definition) is 4. The zero-order valence-corrected chi connectivity index (χ0v) is 11.2. The summed E-state index contributed by atoms with van der Waals surface area (Å²) < 4.78 is 43.3. The first-order valence-electron chi connectivity index (χ1n) is 6.60. The molecule has 1 aromatic rings. The molecule has 5 nitrogen and oxygen atoms in total. The number of hydrogen-bond donors (Lipinski definition) is 2. The summed E-state index contributed by atoms with van der Waals surface area (Å²) in [5, 5.41) is 5.25. The third kappa shape index (κ3) is 4.32. The molecule has 1 aliphatic rings. The van der Waals surface area contributed by atoms with Crippen LogP contribution in [0.5, 0.6) is 0 Å². The number of carbonyl (C=O) groups excluding carboxylic acids is 1. The molecule has 21 heavy (non-hydrogen) atoms. The summed E-state index contributed by atoms with van der Waals surface area (Å²) in [5.74, 6) is -0.527. The molecule has 8 heteroatoms. The quantitative estimate of drug-likeness (QED) is 0.812. The second kappa shape index (κ2) is 6.75. The number of amides is 1. The van der Waals surface area contributed by atoms with Gasteiger partial charge in [0.15, 0.2) is 0 Å². The van der Waals surface area contributed by atoms with Gasteiger partial charge in [0.05, 0.1) is 18.1 Å².